The van der Waals surface area contributed by atoms with Crippen LogP contribution < -0.4 is 5.32 Å². The lowest BCUT2D eigenvalue weighted by atomic mass is 10.0. The van der Waals surface area contributed by atoms with E-state index >= 15 is 0 Å². The molecule has 0 bridgehead atoms. The van der Waals surface area contributed by atoms with E-state index < -0.39 is 0 Å². The molecule has 1 aromatic heterocycles. The fraction of sp³-hybridized carbons (Fsp3) is 0.667. The summed E-state index contributed by atoms with van der Waals surface area (Å²) < 4.78 is 0.888. The molecule has 0 aliphatic carbocycles. The molecule has 0 saturated carbocycles. The molecule has 2 heterocycles. The van der Waals surface area contributed by atoms with Gasteiger partial charge in [-0.05, 0) is 45.0 Å². The lowest BCUT2D eigenvalue weighted by Gasteiger charge is -2.22. The van der Waals surface area contributed by atoms with Gasteiger partial charge in [0.25, 0.3) is 0 Å². The molecule has 16 heavy (non-hydrogen) atoms. The first-order valence-electron chi connectivity index (χ1n) is 5.81. The highest BCUT2D eigenvalue weighted by molar-refractivity contribution is 7.16. The summed E-state index contributed by atoms with van der Waals surface area (Å²) in [6.45, 7) is 5.64. The van der Waals surface area contributed by atoms with E-state index in [4.69, 9.17) is 11.6 Å². The maximum absolute atomic E-state index is 5.93. The maximum atomic E-state index is 5.93. The summed E-state index contributed by atoms with van der Waals surface area (Å²) in [5.41, 5.74) is 0. The normalized spacial score (nSPS) is 25.5. The Morgan fingerprint density at radius 2 is 2.38 bits per heavy atom. The monoisotopic (exact) mass is 258 g/mol. The summed E-state index contributed by atoms with van der Waals surface area (Å²) in [5, 5.41) is 3.50. The van der Waals surface area contributed by atoms with E-state index in [2.05, 4.69) is 30.3 Å². The zero-order valence-electron chi connectivity index (χ0n) is 9.87. The molecular weight excluding hydrogens is 240 g/mol. The Bertz CT molecular complexity index is 340. The lowest BCUT2D eigenvalue weighted by Crippen LogP contribution is -2.31. The van der Waals surface area contributed by atoms with E-state index in [0.29, 0.717) is 6.04 Å². The molecule has 1 aromatic rings. The van der Waals surface area contributed by atoms with Crippen LogP contribution in [0.4, 0.5) is 0 Å². The number of rotatable bonds is 4. The van der Waals surface area contributed by atoms with Crippen molar-refractivity contribution < 1.29 is 0 Å². The van der Waals surface area contributed by atoms with Crippen molar-refractivity contribution in [1.82, 2.24) is 10.2 Å². The Kier molecular flexibility index (Phi) is 4.25. The predicted molar refractivity (Wildman–Crippen MR) is 71.2 cm³/mol. The molecule has 90 valence electrons. The van der Waals surface area contributed by atoms with Crippen molar-refractivity contribution in [2.75, 3.05) is 20.1 Å². The number of nitrogens with zero attached hydrogens (tertiary/aromatic N) is 1. The van der Waals surface area contributed by atoms with Crippen LogP contribution in [0.2, 0.25) is 4.34 Å². The Hall–Kier alpha value is -0.0900. The van der Waals surface area contributed by atoms with E-state index in [1.54, 1.807) is 11.3 Å². The third kappa shape index (κ3) is 3.20. The van der Waals surface area contributed by atoms with Gasteiger partial charge in [0, 0.05) is 24.0 Å². The van der Waals surface area contributed by atoms with E-state index in [0.717, 1.165) is 16.8 Å². The van der Waals surface area contributed by atoms with Gasteiger partial charge in [0.05, 0.1) is 4.34 Å². The molecule has 2 nitrogen and oxygen atoms in total. The SMILES string of the molecule is CC1NCCC1CN(C)Cc1ccc(Cl)s1. The Labute approximate surface area is 107 Å². The number of hydrogen-bond acceptors (Lipinski definition) is 3. The van der Waals surface area contributed by atoms with Crippen LogP contribution in [0.5, 0.6) is 0 Å². The average Bonchev–Trinajstić information content (AvgIpc) is 2.77. The fourth-order valence-electron chi connectivity index (χ4n) is 2.33. The molecule has 2 unspecified atom stereocenters. The first-order valence-corrected chi connectivity index (χ1v) is 7.01. The van der Waals surface area contributed by atoms with E-state index in [1.165, 1.54) is 24.4 Å². The standard InChI is InChI=1S/C12H19ClN2S/c1-9-10(5-6-14-9)7-15(2)8-11-3-4-12(13)16-11/h3-4,9-10,14H,5-8H2,1-2H3. The number of halogens is 1. The van der Waals surface area contributed by atoms with Gasteiger partial charge < -0.3 is 10.2 Å². The van der Waals surface area contributed by atoms with Gasteiger partial charge >= 0.3 is 0 Å². The molecule has 4 heteroatoms. The molecule has 0 aromatic carbocycles. The van der Waals surface area contributed by atoms with Gasteiger partial charge in [-0.3, -0.25) is 0 Å². The van der Waals surface area contributed by atoms with E-state index in [1.807, 2.05) is 6.07 Å². The van der Waals surface area contributed by atoms with Crippen LogP contribution in [0.3, 0.4) is 0 Å². The number of hydrogen-bond donors (Lipinski definition) is 1. The minimum Gasteiger partial charge on any atom is -0.314 e. The van der Waals surface area contributed by atoms with Gasteiger partial charge in [0.2, 0.25) is 0 Å². The van der Waals surface area contributed by atoms with Gasteiger partial charge in [-0.2, -0.15) is 0 Å². The van der Waals surface area contributed by atoms with E-state index in [9.17, 15) is 0 Å². The van der Waals surface area contributed by atoms with Crippen molar-refractivity contribution in [2.24, 2.45) is 5.92 Å². The zero-order valence-corrected chi connectivity index (χ0v) is 11.4. The third-order valence-corrected chi connectivity index (χ3v) is 4.51. The molecule has 2 atom stereocenters. The van der Waals surface area contributed by atoms with Gasteiger partial charge in [-0.1, -0.05) is 11.6 Å². The summed E-state index contributed by atoms with van der Waals surface area (Å²) in [7, 11) is 2.19. The molecule has 1 saturated heterocycles. The average molecular weight is 259 g/mol. The van der Waals surface area contributed by atoms with Crippen LogP contribution in [-0.2, 0) is 6.54 Å². The molecule has 0 radical (unpaired) electrons. The van der Waals surface area contributed by atoms with Crippen LogP contribution in [0, 0.1) is 5.92 Å². The lowest BCUT2D eigenvalue weighted by molar-refractivity contribution is 0.261. The molecule has 2 rings (SSSR count). The summed E-state index contributed by atoms with van der Waals surface area (Å²) >= 11 is 7.61. The van der Waals surface area contributed by atoms with Gasteiger partial charge in [0.15, 0.2) is 0 Å². The Morgan fingerprint density at radius 1 is 1.56 bits per heavy atom. The second-order valence-corrected chi connectivity index (χ2v) is 6.49. The van der Waals surface area contributed by atoms with E-state index in [-0.39, 0.29) is 0 Å². The molecular formula is C12H19ClN2S. The summed E-state index contributed by atoms with van der Waals surface area (Å²) in [4.78, 5) is 3.75. The van der Waals surface area contributed by atoms with Gasteiger partial charge in [0.1, 0.15) is 0 Å². The van der Waals surface area contributed by atoms with Crippen molar-refractivity contribution in [3.8, 4) is 0 Å². The van der Waals surface area contributed by atoms with Crippen molar-refractivity contribution in [3.05, 3.63) is 21.3 Å². The Morgan fingerprint density at radius 3 is 2.94 bits per heavy atom. The molecule has 1 aliphatic rings. The molecule has 1 N–H and O–H groups in total. The van der Waals surface area contributed by atoms with Crippen molar-refractivity contribution >= 4 is 22.9 Å². The second-order valence-electron chi connectivity index (χ2n) is 4.69. The molecule has 1 aliphatic heterocycles. The van der Waals surface area contributed by atoms with Crippen molar-refractivity contribution in [2.45, 2.75) is 25.9 Å². The number of nitrogens with one attached hydrogen (secondary N) is 1. The summed E-state index contributed by atoms with van der Waals surface area (Å²) in [6, 6.07) is 4.77. The van der Waals surface area contributed by atoms with Crippen LogP contribution >= 0.6 is 22.9 Å². The predicted octanol–water partition coefficient (Wildman–Crippen LogP) is 2.83. The first kappa shape index (κ1) is 12.4. The Balaban J connectivity index is 1.82. The van der Waals surface area contributed by atoms with Crippen LogP contribution in [0.1, 0.15) is 18.2 Å². The van der Waals surface area contributed by atoms with Crippen LogP contribution in [-0.4, -0.2) is 31.1 Å². The summed E-state index contributed by atoms with van der Waals surface area (Å²) in [5.74, 6) is 0.792. The molecule has 0 spiro atoms. The van der Waals surface area contributed by atoms with Gasteiger partial charge in [-0.15, -0.1) is 11.3 Å². The maximum Gasteiger partial charge on any atom is 0.0931 e. The van der Waals surface area contributed by atoms with Crippen LogP contribution in [0.25, 0.3) is 0 Å². The quantitative estimate of drug-likeness (QED) is 0.894. The molecule has 0 amide bonds. The topological polar surface area (TPSA) is 15.3 Å². The minimum atomic E-state index is 0.661. The zero-order chi connectivity index (χ0) is 11.5. The van der Waals surface area contributed by atoms with Crippen molar-refractivity contribution in [3.63, 3.8) is 0 Å². The fourth-order valence-corrected chi connectivity index (χ4v) is 3.50. The molecule has 1 fully saturated rings. The third-order valence-electron chi connectivity index (χ3n) is 3.29. The van der Waals surface area contributed by atoms with Crippen molar-refractivity contribution in [1.29, 1.82) is 0 Å². The first-order chi connectivity index (χ1) is 7.65. The number of thiophene rings is 1. The summed E-state index contributed by atoms with van der Waals surface area (Å²) in [6.07, 6.45) is 1.30. The largest absolute Gasteiger partial charge is 0.314 e. The highest BCUT2D eigenvalue weighted by Crippen LogP contribution is 2.23. The minimum absolute atomic E-state index is 0.661. The highest BCUT2D eigenvalue weighted by Gasteiger charge is 2.23. The smallest absolute Gasteiger partial charge is 0.0931 e. The second kappa shape index (κ2) is 5.50. The van der Waals surface area contributed by atoms with Gasteiger partial charge in [-0.25, -0.2) is 0 Å². The highest BCUT2D eigenvalue weighted by atomic mass is 35.5. The van der Waals surface area contributed by atoms with Crippen LogP contribution in [0.15, 0.2) is 12.1 Å².